The minimum Gasteiger partial charge on any atom is -0.309 e. The average molecular weight is 1100 g/mol. The average Bonchev–Trinajstić information content (AvgIpc) is 3.66. The van der Waals surface area contributed by atoms with Crippen molar-refractivity contribution in [2.24, 2.45) is 0 Å². The van der Waals surface area contributed by atoms with E-state index in [1.165, 1.54) is 39.2 Å². The summed E-state index contributed by atoms with van der Waals surface area (Å²) >= 11 is 0. The molecule has 4 nitrogen and oxygen atoms in total. The molecule has 2 unspecified atom stereocenters. The zero-order chi connectivity index (χ0) is 53.5. The van der Waals surface area contributed by atoms with Crippen LogP contribution in [0.1, 0.15) is 0 Å². The minimum absolute atomic E-state index is 0.590. The molecular weight excluding hydrogens is 1050 g/mol. The van der Waals surface area contributed by atoms with Gasteiger partial charge in [-0.15, -0.1) is 20.1 Å². The molecule has 0 aliphatic carbocycles. The molecule has 12 aromatic rings. The van der Waals surface area contributed by atoms with Gasteiger partial charge in [0, 0.05) is 82.4 Å². The smallest absolute Gasteiger partial charge is 0.172 e. The van der Waals surface area contributed by atoms with Gasteiger partial charge >= 0.3 is 0 Å². The fraction of sp³-hybridized carbons (Fsp3) is 0. The quantitative estimate of drug-likeness (QED) is 0.142. The first kappa shape index (κ1) is 48.5. The number of benzene rings is 12. The number of hydrogen-bond acceptors (Lipinski definition) is 4. The Balaban J connectivity index is 0.974. The molecule has 3 heterocycles. The van der Waals surface area contributed by atoms with Crippen LogP contribution in [0, 0.1) is 0 Å². The molecule has 0 radical (unpaired) electrons. The predicted octanol–water partition coefficient (Wildman–Crippen LogP) is 17.5. The van der Waals surface area contributed by atoms with Crippen LogP contribution in [0.3, 0.4) is 0 Å². The number of hydrogen-bond donors (Lipinski definition) is 0. The van der Waals surface area contributed by atoms with E-state index >= 15 is 9.13 Å². The number of para-hydroxylation sites is 4. The molecule has 80 heavy (non-hydrogen) atoms. The van der Waals surface area contributed by atoms with Crippen LogP contribution < -0.4 is 41.6 Å². The first-order valence-electron chi connectivity index (χ1n) is 26.9. The van der Waals surface area contributed by atoms with Crippen LogP contribution >= 0.6 is 34.3 Å². The van der Waals surface area contributed by atoms with Crippen LogP contribution in [-0.4, -0.2) is 0 Å². The fourth-order valence-corrected chi connectivity index (χ4v) is 28.5. The maximum absolute atomic E-state index is 17.5. The highest BCUT2D eigenvalue weighted by Gasteiger charge is 2.50. The van der Waals surface area contributed by atoms with Crippen LogP contribution in [0.25, 0.3) is 0 Å². The lowest BCUT2D eigenvalue weighted by Crippen LogP contribution is -2.49. The second-order valence-electron chi connectivity index (χ2n) is 20.3. The Morgan fingerprint density at radius 2 is 0.475 bits per heavy atom. The van der Waals surface area contributed by atoms with Crippen molar-refractivity contribution in [2.45, 2.75) is 39.2 Å². The van der Waals surface area contributed by atoms with Crippen LogP contribution in [0.2, 0.25) is 0 Å². The lowest BCUT2D eigenvalue weighted by molar-refractivity contribution is 0.589. The summed E-state index contributed by atoms with van der Waals surface area (Å²) in [4.78, 5) is 14.5. The van der Waals surface area contributed by atoms with Crippen LogP contribution in [-0.2, 0) is 9.13 Å². The predicted molar refractivity (Wildman–Crippen MR) is 335 cm³/mol. The molecular formula is C72H52N2O2P2S2. The Bertz CT molecular complexity index is 3990. The molecule has 12 aromatic carbocycles. The SMILES string of the molecule is O=P1(c2ccccc2)c2ccc(N3c4ccccc4S(c4ccccc4)(c4ccccc4)c4ccccc43)cc2P(=O)(c2ccccc2)c2ccc(N3c4ccccc4S(c4ccccc4)(c4ccccc4)c4ccccc43)cc21. The molecule has 0 aromatic heterocycles. The van der Waals surface area contributed by atoms with E-state index in [4.69, 9.17) is 0 Å². The van der Waals surface area contributed by atoms with Gasteiger partial charge in [0.1, 0.15) is 0 Å². The third kappa shape index (κ3) is 6.87. The van der Waals surface area contributed by atoms with Crippen molar-refractivity contribution >= 4 is 100 Å². The van der Waals surface area contributed by atoms with E-state index in [1.807, 2.05) is 72.8 Å². The molecule has 0 saturated heterocycles. The third-order valence-corrected chi connectivity index (χ3v) is 30.7. The lowest BCUT2D eigenvalue weighted by Gasteiger charge is -2.50. The molecule has 0 fully saturated rings. The summed E-state index contributed by atoms with van der Waals surface area (Å²) in [5, 5.41) is 3.74. The van der Waals surface area contributed by atoms with E-state index in [0.29, 0.717) is 31.8 Å². The lowest BCUT2D eigenvalue weighted by atomic mass is 10.1. The Kier molecular flexibility index (Phi) is 11.6. The normalized spacial score (nSPS) is 18.6. The topological polar surface area (TPSA) is 40.6 Å². The van der Waals surface area contributed by atoms with Gasteiger partial charge < -0.3 is 18.9 Å². The van der Waals surface area contributed by atoms with E-state index in [2.05, 4.69) is 252 Å². The molecule has 3 aliphatic rings. The largest absolute Gasteiger partial charge is 0.309 e. The minimum atomic E-state index is -3.82. The van der Waals surface area contributed by atoms with E-state index in [1.54, 1.807) is 0 Å². The zero-order valence-corrected chi connectivity index (χ0v) is 46.9. The monoisotopic (exact) mass is 1100 g/mol. The van der Waals surface area contributed by atoms with Crippen molar-refractivity contribution in [3.63, 3.8) is 0 Å². The van der Waals surface area contributed by atoms with Gasteiger partial charge in [-0.3, -0.25) is 0 Å². The van der Waals surface area contributed by atoms with Gasteiger partial charge in [-0.25, -0.2) is 0 Å². The summed E-state index contributed by atoms with van der Waals surface area (Å²) in [5.41, 5.74) is 5.87. The van der Waals surface area contributed by atoms with Gasteiger partial charge in [0.25, 0.3) is 0 Å². The summed E-state index contributed by atoms with van der Waals surface area (Å²) in [5.74, 6) is 0. The molecule has 0 bridgehead atoms. The first-order valence-corrected chi connectivity index (χ1v) is 33.6. The van der Waals surface area contributed by atoms with Gasteiger partial charge in [-0.05, 0) is 133 Å². The van der Waals surface area contributed by atoms with Crippen LogP contribution in [0.5, 0.6) is 0 Å². The fourth-order valence-electron chi connectivity index (χ4n) is 12.9. The highest BCUT2D eigenvalue weighted by molar-refractivity contribution is 8.34. The number of anilines is 6. The molecule has 384 valence electrons. The standard InChI is InChI=1S/C72H52N2O2P2S2/c75-77(55-27-7-1-8-28-55)65-49-47-54(74-63-41-21-25-45-71(63)80(59-35-15-5-16-36-59,60-37-17-6-18-38-60)72-46-26-22-42-64(72)74)52-68(65)78(76,56-29-9-2-10-30-56)66-50-48-53(51-67(66)77)73-61-39-19-23-43-69(61)79(57-31-11-3-12-32-57,58-33-13-4-14-34-58)70-44-24-20-40-62(70)73/h1-52H. The Labute approximate surface area is 470 Å². The Hall–Kier alpha value is -8.60. The summed E-state index contributed by atoms with van der Waals surface area (Å²) in [6, 6.07) is 111. The Morgan fingerprint density at radius 3 is 0.750 bits per heavy atom. The van der Waals surface area contributed by atoms with Crippen molar-refractivity contribution < 1.29 is 9.13 Å². The summed E-state index contributed by atoms with van der Waals surface area (Å²) in [6.45, 7) is 0. The molecule has 0 saturated carbocycles. The maximum Gasteiger partial charge on any atom is 0.172 e. The molecule has 3 aliphatic heterocycles. The number of nitrogens with zero attached hydrogens (tertiary/aromatic N) is 2. The van der Waals surface area contributed by atoms with Gasteiger partial charge in [0.2, 0.25) is 0 Å². The van der Waals surface area contributed by atoms with Gasteiger partial charge in [-0.2, -0.15) is 0 Å². The number of rotatable bonds is 8. The van der Waals surface area contributed by atoms with Crippen molar-refractivity contribution in [2.75, 3.05) is 9.80 Å². The van der Waals surface area contributed by atoms with E-state index in [0.717, 1.165) is 34.1 Å². The summed E-state index contributed by atoms with van der Waals surface area (Å²) in [6.07, 6.45) is 0. The first-order chi connectivity index (χ1) is 39.5. The van der Waals surface area contributed by atoms with E-state index in [9.17, 15) is 0 Å². The van der Waals surface area contributed by atoms with E-state index < -0.39 is 34.3 Å². The second kappa shape index (κ2) is 19.1. The van der Waals surface area contributed by atoms with Crippen molar-refractivity contribution in [1.82, 2.24) is 0 Å². The van der Waals surface area contributed by atoms with Gasteiger partial charge in [0.15, 0.2) is 14.3 Å². The molecule has 15 rings (SSSR count). The molecule has 8 heteroatoms. The second-order valence-corrected chi connectivity index (χ2v) is 31.7. The third-order valence-electron chi connectivity index (χ3n) is 16.2. The molecule has 0 spiro atoms. The number of fused-ring (bicyclic) bond motifs is 6. The Morgan fingerprint density at radius 1 is 0.237 bits per heavy atom. The van der Waals surface area contributed by atoms with Crippen molar-refractivity contribution in [3.05, 3.63) is 315 Å². The summed E-state index contributed by atoms with van der Waals surface area (Å²) in [7, 11) is -11.7. The maximum atomic E-state index is 17.5. The highest BCUT2D eigenvalue weighted by atomic mass is 32.3. The molecule has 2 atom stereocenters. The highest BCUT2D eigenvalue weighted by Crippen LogP contribution is 2.81. The van der Waals surface area contributed by atoms with Crippen molar-refractivity contribution in [3.8, 4) is 0 Å². The van der Waals surface area contributed by atoms with E-state index in [-0.39, 0.29) is 0 Å². The zero-order valence-electron chi connectivity index (χ0n) is 43.4. The summed E-state index contributed by atoms with van der Waals surface area (Å²) < 4.78 is 35.1. The van der Waals surface area contributed by atoms with Gasteiger partial charge in [0.05, 0.1) is 22.7 Å². The van der Waals surface area contributed by atoms with Crippen molar-refractivity contribution in [1.29, 1.82) is 0 Å². The molecule has 0 amide bonds. The molecule has 0 N–H and O–H groups in total. The van der Waals surface area contributed by atoms with Crippen LogP contribution in [0.4, 0.5) is 34.1 Å². The van der Waals surface area contributed by atoms with Gasteiger partial charge in [-0.1, -0.05) is 182 Å². The van der Waals surface area contributed by atoms with Crippen LogP contribution in [0.15, 0.2) is 355 Å².